The molecule has 2 aromatic rings. The molecule has 1 aliphatic heterocycles. The van der Waals surface area contributed by atoms with E-state index in [-0.39, 0.29) is 23.8 Å². The topological polar surface area (TPSA) is 78.5 Å². The van der Waals surface area contributed by atoms with Gasteiger partial charge in [0.05, 0.1) is 6.42 Å². The number of rotatable bonds is 5. The SMILES string of the molecule is CC(=O)Nc1cccc(C(=O)NC2CCN(C(=O)Cc3ccccc3)CC2)c1. The lowest BCUT2D eigenvalue weighted by Gasteiger charge is -2.32. The minimum atomic E-state index is -0.176. The molecule has 0 aromatic heterocycles. The molecular weight excluding hydrogens is 354 g/mol. The van der Waals surface area contributed by atoms with E-state index in [1.165, 1.54) is 6.92 Å². The fraction of sp³-hybridized carbons (Fsp3) is 0.318. The van der Waals surface area contributed by atoms with Gasteiger partial charge in [0.2, 0.25) is 11.8 Å². The molecule has 0 saturated carbocycles. The van der Waals surface area contributed by atoms with Gasteiger partial charge in [0, 0.05) is 37.3 Å². The number of piperidine rings is 1. The third-order valence-electron chi connectivity index (χ3n) is 4.83. The first-order valence-electron chi connectivity index (χ1n) is 9.51. The summed E-state index contributed by atoms with van der Waals surface area (Å²) < 4.78 is 0. The highest BCUT2D eigenvalue weighted by molar-refractivity contribution is 5.97. The van der Waals surface area contributed by atoms with Gasteiger partial charge in [-0.15, -0.1) is 0 Å². The molecule has 6 nitrogen and oxygen atoms in total. The van der Waals surface area contributed by atoms with Crippen molar-refractivity contribution in [3.63, 3.8) is 0 Å². The predicted octanol–water partition coefficient (Wildman–Crippen LogP) is 2.61. The molecule has 28 heavy (non-hydrogen) atoms. The smallest absolute Gasteiger partial charge is 0.251 e. The average Bonchev–Trinajstić information content (AvgIpc) is 2.69. The second kappa shape index (κ2) is 9.17. The van der Waals surface area contributed by atoms with E-state index in [0.717, 1.165) is 18.4 Å². The van der Waals surface area contributed by atoms with Crippen LogP contribution in [0.5, 0.6) is 0 Å². The van der Waals surface area contributed by atoms with Crippen LogP contribution in [0.1, 0.15) is 35.7 Å². The van der Waals surface area contributed by atoms with Gasteiger partial charge in [-0.3, -0.25) is 14.4 Å². The van der Waals surface area contributed by atoms with Crippen molar-refractivity contribution in [3.8, 4) is 0 Å². The van der Waals surface area contributed by atoms with E-state index in [9.17, 15) is 14.4 Å². The number of likely N-dealkylation sites (tertiary alicyclic amines) is 1. The van der Waals surface area contributed by atoms with E-state index >= 15 is 0 Å². The maximum absolute atomic E-state index is 12.5. The Morgan fingerprint density at radius 3 is 2.39 bits per heavy atom. The Hall–Kier alpha value is -3.15. The Balaban J connectivity index is 1.49. The molecule has 0 unspecified atom stereocenters. The fourth-order valence-corrected chi connectivity index (χ4v) is 3.37. The van der Waals surface area contributed by atoms with Gasteiger partial charge in [0.1, 0.15) is 0 Å². The van der Waals surface area contributed by atoms with Crippen LogP contribution in [0.15, 0.2) is 54.6 Å². The summed E-state index contributed by atoms with van der Waals surface area (Å²) in [4.78, 5) is 38.0. The molecule has 146 valence electrons. The number of anilines is 1. The van der Waals surface area contributed by atoms with Gasteiger partial charge in [0.25, 0.3) is 5.91 Å². The van der Waals surface area contributed by atoms with E-state index in [4.69, 9.17) is 0 Å². The van der Waals surface area contributed by atoms with Gasteiger partial charge in [-0.05, 0) is 36.6 Å². The second-order valence-corrected chi connectivity index (χ2v) is 7.05. The fourth-order valence-electron chi connectivity index (χ4n) is 3.37. The monoisotopic (exact) mass is 379 g/mol. The van der Waals surface area contributed by atoms with Crippen molar-refractivity contribution in [1.82, 2.24) is 10.2 Å². The molecule has 0 spiro atoms. The lowest BCUT2D eigenvalue weighted by atomic mass is 10.0. The Labute approximate surface area is 164 Å². The molecule has 2 N–H and O–H groups in total. The predicted molar refractivity (Wildman–Crippen MR) is 108 cm³/mol. The van der Waals surface area contributed by atoms with Gasteiger partial charge in [-0.2, -0.15) is 0 Å². The Bertz CT molecular complexity index is 843. The first-order chi connectivity index (χ1) is 13.5. The molecule has 1 saturated heterocycles. The van der Waals surface area contributed by atoms with Crippen LogP contribution in [-0.2, 0) is 16.0 Å². The van der Waals surface area contributed by atoms with E-state index < -0.39 is 0 Å². The third-order valence-corrected chi connectivity index (χ3v) is 4.83. The van der Waals surface area contributed by atoms with Gasteiger partial charge < -0.3 is 15.5 Å². The highest BCUT2D eigenvalue weighted by Crippen LogP contribution is 2.15. The van der Waals surface area contributed by atoms with Gasteiger partial charge in [-0.1, -0.05) is 36.4 Å². The first kappa shape index (κ1) is 19.6. The summed E-state index contributed by atoms with van der Waals surface area (Å²) in [6.45, 7) is 2.71. The van der Waals surface area contributed by atoms with Crippen molar-refractivity contribution < 1.29 is 14.4 Å². The van der Waals surface area contributed by atoms with Crippen LogP contribution in [0.4, 0.5) is 5.69 Å². The van der Waals surface area contributed by atoms with Crippen LogP contribution in [0.2, 0.25) is 0 Å². The van der Waals surface area contributed by atoms with Gasteiger partial charge >= 0.3 is 0 Å². The molecule has 0 bridgehead atoms. The minimum Gasteiger partial charge on any atom is -0.349 e. The van der Waals surface area contributed by atoms with Crippen LogP contribution < -0.4 is 10.6 Å². The molecule has 2 aromatic carbocycles. The van der Waals surface area contributed by atoms with Crippen molar-refractivity contribution in [2.75, 3.05) is 18.4 Å². The van der Waals surface area contributed by atoms with Crippen molar-refractivity contribution in [1.29, 1.82) is 0 Å². The van der Waals surface area contributed by atoms with Crippen LogP contribution in [0, 0.1) is 0 Å². The number of amides is 3. The van der Waals surface area contributed by atoms with E-state index in [2.05, 4.69) is 10.6 Å². The number of nitrogens with zero attached hydrogens (tertiary/aromatic N) is 1. The highest BCUT2D eigenvalue weighted by atomic mass is 16.2. The maximum atomic E-state index is 12.5. The largest absolute Gasteiger partial charge is 0.349 e. The van der Waals surface area contributed by atoms with Crippen molar-refractivity contribution in [2.24, 2.45) is 0 Å². The summed E-state index contributed by atoms with van der Waals surface area (Å²) in [5.74, 6) is -0.217. The minimum absolute atomic E-state index is 0.0395. The summed E-state index contributed by atoms with van der Waals surface area (Å²) in [7, 11) is 0. The average molecular weight is 379 g/mol. The lowest BCUT2D eigenvalue weighted by Crippen LogP contribution is -2.47. The van der Waals surface area contributed by atoms with Gasteiger partial charge in [-0.25, -0.2) is 0 Å². The molecule has 0 radical (unpaired) electrons. The Morgan fingerprint density at radius 2 is 1.71 bits per heavy atom. The third kappa shape index (κ3) is 5.42. The van der Waals surface area contributed by atoms with Crippen LogP contribution in [0.25, 0.3) is 0 Å². The van der Waals surface area contributed by atoms with E-state index in [1.807, 2.05) is 35.2 Å². The molecule has 0 aliphatic carbocycles. The van der Waals surface area contributed by atoms with Gasteiger partial charge in [0.15, 0.2) is 0 Å². The van der Waals surface area contributed by atoms with E-state index in [1.54, 1.807) is 24.3 Å². The molecule has 3 amide bonds. The summed E-state index contributed by atoms with van der Waals surface area (Å²) in [6, 6.07) is 16.6. The number of carbonyl (C=O) groups excluding carboxylic acids is 3. The van der Waals surface area contributed by atoms with Crippen LogP contribution >= 0.6 is 0 Å². The normalized spacial score (nSPS) is 14.4. The Kier molecular flexibility index (Phi) is 6.42. The number of nitrogens with one attached hydrogen (secondary N) is 2. The lowest BCUT2D eigenvalue weighted by molar-refractivity contribution is -0.131. The molecule has 6 heteroatoms. The second-order valence-electron chi connectivity index (χ2n) is 7.05. The van der Waals surface area contributed by atoms with Crippen LogP contribution in [0.3, 0.4) is 0 Å². The molecular formula is C22H25N3O3. The van der Waals surface area contributed by atoms with Crippen molar-refractivity contribution >= 4 is 23.4 Å². The molecule has 3 rings (SSSR count). The summed E-state index contributed by atoms with van der Waals surface area (Å²) in [6.07, 6.45) is 1.88. The summed E-state index contributed by atoms with van der Waals surface area (Å²) >= 11 is 0. The highest BCUT2D eigenvalue weighted by Gasteiger charge is 2.24. The maximum Gasteiger partial charge on any atom is 0.251 e. The summed E-state index contributed by atoms with van der Waals surface area (Å²) in [5, 5.41) is 5.71. The zero-order valence-corrected chi connectivity index (χ0v) is 16.0. The Morgan fingerprint density at radius 1 is 1.00 bits per heavy atom. The number of hydrogen-bond donors (Lipinski definition) is 2. The zero-order valence-electron chi connectivity index (χ0n) is 16.0. The van der Waals surface area contributed by atoms with Crippen LogP contribution in [-0.4, -0.2) is 41.8 Å². The number of carbonyl (C=O) groups is 3. The van der Waals surface area contributed by atoms with Crippen molar-refractivity contribution in [2.45, 2.75) is 32.2 Å². The summed E-state index contributed by atoms with van der Waals surface area (Å²) in [5.41, 5.74) is 2.12. The molecule has 1 aliphatic rings. The number of hydrogen-bond acceptors (Lipinski definition) is 3. The number of benzene rings is 2. The standard InChI is InChI=1S/C22H25N3O3/c1-16(26)23-20-9-5-8-18(15-20)22(28)24-19-10-12-25(13-11-19)21(27)14-17-6-3-2-4-7-17/h2-9,15,19H,10-14H2,1H3,(H,23,26)(H,24,28). The quantitative estimate of drug-likeness (QED) is 0.838. The zero-order chi connectivity index (χ0) is 19.9. The van der Waals surface area contributed by atoms with E-state index in [0.29, 0.717) is 30.8 Å². The molecule has 1 heterocycles. The van der Waals surface area contributed by atoms with Crippen molar-refractivity contribution in [3.05, 3.63) is 65.7 Å². The first-order valence-corrected chi connectivity index (χ1v) is 9.51. The molecule has 1 fully saturated rings. The molecule has 0 atom stereocenters.